The number of urea groups is 1. The van der Waals surface area contributed by atoms with Gasteiger partial charge in [0.15, 0.2) is 0 Å². The summed E-state index contributed by atoms with van der Waals surface area (Å²) in [4.78, 5) is 25.2. The van der Waals surface area contributed by atoms with Crippen LogP contribution in [-0.2, 0) is 4.79 Å². The molecule has 1 saturated heterocycles. The molecule has 2 amide bonds. The maximum atomic E-state index is 12.5. The molecule has 0 spiro atoms. The fraction of sp³-hybridized carbons (Fsp3) is 0.368. The first-order valence-electron chi connectivity index (χ1n) is 8.32. The van der Waals surface area contributed by atoms with Crippen molar-refractivity contribution in [1.29, 1.82) is 0 Å². The van der Waals surface area contributed by atoms with Gasteiger partial charge < -0.3 is 15.3 Å². The van der Waals surface area contributed by atoms with Gasteiger partial charge in [-0.2, -0.15) is 0 Å². The zero-order valence-electron chi connectivity index (χ0n) is 13.7. The van der Waals surface area contributed by atoms with Crippen LogP contribution in [0.1, 0.15) is 31.4 Å². The van der Waals surface area contributed by atoms with E-state index in [2.05, 4.69) is 23.5 Å². The Morgan fingerprint density at radius 2 is 1.79 bits per heavy atom. The van der Waals surface area contributed by atoms with Crippen LogP contribution in [0.4, 0.5) is 4.79 Å². The molecule has 0 aliphatic carbocycles. The number of hydrogen-bond donors (Lipinski definition) is 2. The lowest BCUT2D eigenvalue weighted by Crippen LogP contribution is -2.46. The van der Waals surface area contributed by atoms with Gasteiger partial charge in [-0.3, -0.25) is 4.79 Å². The van der Waals surface area contributed by atoms with Crippen molar-refractivity contribution in [2.24, 2.45) is 5.92 Å². The number of likely N-dealkylation sites (tertiary alicyclic amines) is 1. The number of fused-ring (bicyclic) bond motifs is 1. The smallest absolute Gasteiger partial charge is 0.317 e. The Balaban J connectivity index is 1.67. The first-order valence-corrected chi connectivity index (χ1v) is 8.32. The van der Waals surface area contributed by atoms with E-state index < -0.39 is 5.97 Å². The number of carboxylic acids is 1. The van der Waals surface area contributed by atoms with Crippen molar-refractivity contribution in [3.8, 4) is 0 Å². The molecular weight excluding hydrogens is 304 g/mol. The molecule has 2 N–H and O–H groups in total. The third-order valence-electron chi connectivity index (χ3n) is 4.76. The second-order valence-corrected chi connectivity index (χ2v) is 6.34. The minimum absolute atomic E-state index is 0.110. The Bertz CT molecular complexity index is 746. The van der Waals surface area contributed by atoms with E-state index >= 15 is 0 Å². The summed E-state index contributed by atoms with van der Waals surface area (Å²) in [5.74, 6) is -1.09. The third-order valence-corrected chi connectivity index (χ3v) is 4.76. The largest absolute Gasteiger partial charge is 0.481 e. The quantitative estimate of drug-likeness (QED) is 0.908. The average Bonchev–Trinajstić information content (AvgIpc) is 2.61. The number of carboxylic acid groups (broad SMARTS) is 1. The van der Waals surface area contributed by atoms with Crippen LogP contribution in [-0.4, -0.2) is 35.1 Å². The fourth-order valence-electron chi connectivity index (χ4n) is 3.31. The highest BCUT2D eigenvalue weighted by Crippen LogP contribution is 2.24. The van der Waals surface area contributed by atoms with Crippen molar-refractivity contribution in [2.75, 3.05) is 13.1 Å². The number of amides is 2. The van der Waals surface area contributed by atoms with Crippen molar-refractivity contribution in [3.63, 3.8) is 0 Å². The number of carbonyl (C=O) groups is 2. The summed E-state index contributed by atoms with van der Waals surface area (Å²) >= 11 is 0. The number of benzene rings is 2. The molecule has 0 radical (unpaired) electrons. The molecular formula is C19H22N2O3. The van der Waals surface area contributed by atoms with Gasteiger partial charge in [0, 0.05) is 13.1 Å². The van der Waals surface area contributed by atoms with Crippen LogP contribution < -0.4 is 5.32 Å². The molecule has 0 aromatic heterocycles. The van der Waals surface area contributed by atoms with E-state index in [1.165, 1.54) is 0 Å². The molecule has 1 aliphatic heterocycles. The van der Waals surface area contributed by atoms with Gasteiger partial charge >= 0.3 is 12.0 Å². The minimum atomic E-state index is -0.765. The van der Waals surface area contributed by atoms with Crippen LogP contribution >= 0.6 is 0 Å². The molecule has 1 aliphatic rings. The first-order chi connectivity index (χ1) is 11.6. The lowest BCUT2D eigenvalue weighted by Gasteiger charge is -2.31. The molecule has 24 heavy (non-hydrogen) atoms. The zero-order chi connectivity index (χ0) is 17.1. The van der Waals surface area contributed by atoms with E-state index in [1.54, 1.807) is 4.90 Å². The van der Waals surface area contributed by atoms with Gasteiger partial charge in [-0.1, -0.05) is 42.5 Å². The molecule has 126 valence electrons. The van der Waals surface area contributed by atoms with Crippen LogP contribution in [0.25, 0.3) is 10.8 Å². The van der Waals surface area contributed by atoms with E-state index in [-0.39, 0.29) is 18.0 Å². The highest BCUT2D eigenvalue weighted by molar-refractivity contribution is 5.86. The minimum Gasteiger partial charge on any atom is -0.481 e. The molecule has 2 aromatic rings. The molecule has 5 heteroatoms. The topological polar surface area (TPSA) is 69.6 Å². The number of nitrogens with zero attached hydrogens (tertiary/aromatic N) is 1. The Morgan fingerprint density at radius 1 is 1.12 bits per heavy atom. The zero-order valence-corrected chi connectivity index (χ0v) is 13.7. The molecule has 1 fully saturated rings. The average molecular weight is 326 g/mol. The van der Waals surface area contributed by atoms with E-state index in [0.29, 0.717) is 25.9 Å². The molecule has 1 heterocycles. The van der Waals surface area contributed by atoms with Crippen molar-refractivity contribution < 1.29 is 14.7 Å². The summed E-state index contributed by atoms with van der Waals surface area (Å²) in [6.07, 6.45) is 1.04. The Morgan fingerprint density at radius 3 is 2.50 bits per heavy atom. The number of aliphatic carboxylic acids is 1. The summed E-state index contributed by atoms with van der Waals surface area (Å²) in [7, 11) is 0. The number of hydrogen-bond acceptors (Lipinski definition) is 2. The van der Waals surface area contributed by atoms with Gasteiger partial charge in [0.2, 0.25) is 0 Å². The highest BCUT2D eigenvalue weighted by atomic mass is 16.4. The molecule has 0 bridgehead atoms. The number of piperidine rings is 1. The molecule has 1 unspecified atom stereocenters. The SMILES string of the molecule is CC(NC(=O)N1CCC(C(=O)O)CC1)c1cccc2ccccc12. The van der Waals surface area contributed by atoms with Crippen molar-refractivity contribution in [3.05, 3.63) is 48.0 Å². The molecule has 5 nitrogen and oxygen atoms in total. The van der Waals surface area contributed by atoms with Crippen LogP contribution in [0.5, 0.6) is 0 Å². The number of carbonyl (C=O) groups excluding carboxylic acids is 1. The third kappa shape index (κ3) is 3.35. The van der Waals surface area contributed by atoms with Crippen LogP contribution in [0.2, 0.25) is 0 Å². The van der Waals surface area contributed by atoms with Crippen molar-refractivity contribution in [2.45, 2.75) is 25.8 Å². The Kier molecular flexibility index (Phi) is 4.69. The van der Waals surface area contributed by atoms with Crippen molar-refractivity contribution >= 4 is 22.8 Å². The van der Waals surface area contributed by atoms with Gasteiger partial charge in [0.25, 0.3) is 0 Å². The lowest BCUT2D eigenvalue weighted by atomic mass is 9.97. The summed E-state index contributed by atoms with van der Waals surface area (Å²) in [5.41, 5.74) is 1.09. The Hall–Kier alpha value is -2.56. The lowest BCUT2D eigenvalue weighted by molar-refractivity contribution is -0.143. The fourth-order valence-corrected chi connectivity index (χ4v) is 3.31. The van der Waals surface area contributed by atoms with Gasteiger partial charge in [0.1, 0.15) is 0 Å². The van der Waals surface area contributed by atoms with Gasteiger partial charge in [-0.15, -0.1) is 0 Å². The van der Waals surface area contributed by atoms with Gasteiger partial charge in [-0.25, -0.2) is 4.79 Å². The predicted molar refractivity (Wildman–Crippen MR) is 92.8 cm³/mol. The van der Waals surface area contributed by atoms with E-state index in [1.807, 2.05) is 31.2 Å². The van der Waals surface area contributed by atoms with E-state index in [0.717, 1.165) is 16.3 Å². The molecule has 2 aromatic carbocycles. The monoisotopic (exact) mass is 326 g/mol. The summed E-state index contributed by atoms with van der Waals surface area (Å²) in [6.45, 7) is 2.96. The summed E-state index contributed by atoms with van der Waals surface area (Å²) in [5, 5.41) is 14.4. The number of rotatable bonds is 3. The molecule has 3 rings (SSSR count). The first kappa shape index (κ1) is 16.3. The number of nitrogens with one attached hydrogen (secondary N) is 1. The second-order valence-electron chi connectivity index (χ2n) is 6.34. The van der Waals surface area contributed by atoms with Crippen LogP contribution in [0, 0.1) is 5.92 Å². The summed E-state index contributed by atoms with van der Waals surface area (Å²) < 4.78 is 0. The summed E-state index contributed by atoms with van der Waals surface area (Å²) in [6, 6.07) is 14.0. The maximum Gasteiger partial charge on any atom is 0.317 e. The standard InChI is InChI=1S/C19H22N2O3/c1-13(16-8-4-6-14-5-2-3-7-17(14)16)20-19(24)21-11-9-15(10-12-21)18(22)23/h2-8,13,15H,9-12H2,1H3,(H,20,24)(H,22,23). The maximum absolute atomic E-state index is 12.5. The van der Waals surface area contributed by atoms with E-state index in [4.69, 9.17) is 5.11 Å². The normalized spacial score (nSPS) is 16.8. The molecule has 0 saturated carbocycles. The highest BCUT2D eigenvalue weighted by Gasteiger charge is 2.27. The Labute approximate surface area is 141 Å². The van der Waals surface area contributed by atoms with Crippen LogP contribution in [0.3, 0.4) is 0 Å². The van der Waals surface area contributed by atoms with Gasteiger partial charge in [0.05, 0.1) is 12.0 Å². The predicted octanol–water partition coefficient (Wildman–Crippen LogP) is 3.41. The van der Waals surface area contributed by atoms with Crippen LogP contribution in [0.15, 0.2) is 42.5 Å². The molecule has 1 atom stereocenters. The van der Waals surface area contributed by atoms with E-state index in [9.17, 15) is 9.59 Å². The van der Waals surface area contributed by atoms with Gasteiger partial charge in [-0.05, 0) is 36.1 Å². The second kappa shape index (κ2) is 6.91. The van der Waals surface area contributed by atoms with Crippen molar-refractivity contribution in [1.82, 2.24) is 10.2 Å².